The number of benzene rings is 1. The summed E-state index contributed by atoms with van der Waals surface area (Å²) in [6.07, 6.45) is 2.69. The van der Waals surface area contributed by atoms with E-state index < -0.39 is 17.2 Å². The molecule has 0 heterocycles. The van der Waals surface area contributed by atoms with Gasteiger partial charge in [0.25, 0.3) is 0 Å². The van der Waals surface area contributed by atoms with Crippen molar-refractivity contribution >= 4 is 6.08 Å². The zero-order valence-corrected chi connectivity index (χ0v) is 8.59. The fourth-order valence-electron chi connectivity index (χ4n) is 1.75. The normalized spacial score (nSPS) is 16.4. The Morgan fingerprint density at radius 2 is 2.12 bits per heavy atom. The maximum Gasteiger partial charge on any atom is 0.235 e. The summed E-state index contributed by atoms with van der Waals surface area (Å²) in [5.74, 6) is -2.21. The molecule has 0 saturated heterocycles. The minimum Gasteiger partial charge on any atom is -0.493 e. The second-order valence-corrected chi connectivity index (χ2v) is 3.68. The highest BCUT2D eigenvalue weighted by Gasteiger charge is 2.47. The van der Waals surface area contributed by atoms with Crippen molar-refractivity contribution in [3.05, 3.63) is 29.3 Å². The molecule has 84 valence electrons. The molecule has 0 aliphatic heterocycles. The monoisotopic (exact) mass is 225 g/mol. The van der Waals surface area contributed by atoms with Crippen LogP contribution in [0.4, 0.5) is 8.78 Å². The average molecular weight is 225 g/mol. The molecule has 0 radical (unpaired) electrons. The molecule has 1 aromatic carbocycles. The second kappa shape index (κ2) is 3.68. The van der Waals surface area contributed by atoms with Crippen molar-refractivity contribution in [3.63, 3.8) is 0 Å². The van der Waals surface area contributed by atoms with E-state index in [1.54, 1.807) is 0 Å². The summed E-state index contributed by atoms with van der Waals surface area (Å²) in [6, 6.07) is 2.40. The molecule has 1 aliphatic rings. The van der Waals surface area contributed by atoms with Crippen LogP contribution < -0.4 is 4.74 Å². The summed E-state index contributed by atoms with van der Waals surface area (Å²) < 4.78 is 31.2. The number of carbonyl (C=O) groups excluding carboxylic acids is 1. The molecule has 0 spiro atoms. The first-order valence-electron chi connectivity index (χ1n) is 4.76. The largest absolute Gasteiger partial charge is 0.493 e. The summed E-state index contributed by atoms with van der Waals surface area (Å²) >= 11 is 0. The number of hydrogen-bond donors (Lipinski definition) is 0. The molecule has 5 heteroatoms. The lowest BCUT2D eigenvalue weighted by Gasteiger charge is -2.14. The van der Waals surface area contributed by atoms with Crippen LogP contribution in [0.5, 0.6) is 5.75 Å². The third-order valence-electron chi connectivity index (χ3n) is 2.74. The molecule has 0 N–H and O–H groups in total. The molecule has 1 saturated carbocycles. The van der Waals surface area contributed by atoms with Gasteiger partial charge in [0.05, 0.1) is 7.11 Å². The quantitative estimate of drug-likeness (QED) is 0.584. The van der Waals surface area contributed by atoms with Gasteiger partial charge in [0.1, 0.15) is 5.54 Å². The molecule has 0 bridgehead atoms. The summed E-state index contributed by atoms with van der Waals surface area (Å²) in [5.41, 5.74) is -0.362. The Kier molecular flexibility index (Phi) is 2.48. The Hall–Kier alpha value is -1.74. The van der Waals surface area contributed by atoms with Crippen molar-refractivity contribution in [2.45, 2.75) is 18.4 Å². The third-order valence-corrected chi connectivity index (χ3v) is 2.74. The Balaban J connectivity index is 2.57. The minimum absolute atomic E-state index is 0.184. The van der Waals surface area contributed by atoms with Gasteiger partial charge in [-0.3, -0.25) is 0 Å². The topological polar surface area (TPSA) is 38.7 Å². The van der Waals surface area contributed by atoms with E-state index in [4.69, 9.17) is 4.74 Å². The maximum atomic E-state index is 13.4. The average Bonchev–Trinajstić information content (AvgIpc) is 3.03. The lowest BCUT2D eigenvalue weighted by molar-refractivity contribution is 0.362. The highest BCUT2D eigenvalue weighted by atomic mass is 19.2. The summed E-state index contributed by atoms with van der Waals surface area (Å²) in [4.78, 5) is 13.9. The smallest absolute Gasteiger partial charge is 0.235 e. The fraction of sp³-hybridized carbons (Fsp3) is 0.364. The van der Waals surface area contributed by atoms with Crippen molar-refractivity contribution in [2.75, 3.05) is 7.11 Å². The van der Waals surface area contributed by atoms with E-state index in [9.17, 15) is 13.6 Å². The highest BCUT2D eigenvalue weighted by molar-refractivity contribution is 5.48. The Morgan fingerprint density at radius 1 is 1.44 bits per heavy atom. The number of hydrogen-bond acceptors (Lipinski definition) is 3. The molecule has 2 rings (SSSR count). The van der Waals surface area contributed by atoms with Gasteiger partial charge in [-0.05, 0) is 25.0 Å². The van der Waals surface area contributed by atoms with Gasteiger partial charge < -0.3 is 4.74 Å². The van der Waals surface area contributed by atoms with E-state index >= 15 is 0 Å². The predicted molar refractivity (Wildman–Crippen MR) is 51.9 cm³/mol. The number of aliphatic imine (C=N–C) groups is 1. The number of methoxy groups -OCH3 is 1. The molecule has 1 fully saturated rings. The third kappa shape index (κ3) is 1.49. The van der Waals surface area contributed by atoms with Crippen molar-refractivity contribution in [3.8, 4) is 5.75 Å². The van der Waals surface area contributed by atoms with E-state index in [2.05, 4.69) is 4.99 Å². The van der Waals surface area contributed by atoms with Gasteiger partial charge in [0.15, 0.2) is 11.6 Å². The van der Waals surface area contributed by atoms with Crippen LogP contribution in [0.1, 0.15) is 18.4 Å². The van der Waals surface area contributed by atoms with E-state index in [0.717, 1.165) is 6.07 Å². The number of isocyanates is 1. The molecule has 0 aromatic heterocycles. The molecular weight excluding hydrogens is 216 g/mol. The SMILES string of the molecule is COc1c(C2(N=C=O)CC2)ccc(F)c1F. The molecule has 0 unspecified atom stereocenters. The van der Waals surface area contributed by atoms with Gasteiger partial charge in [-0.2, -0.15) is 9.38 Å². The van der Waals surface area contributed by atoms with E-state index in [-0.39, 0.29) is 5.75 Å². The van der Waals surface area contributed by atoms with Gasteiger partial charge in [-0.25, -0.2) is 9.18 Å². The molecular formula is C11H9F2NO2. The first-order valence-corrected chi connectivity index (χ1v) is 4.76. The van der Waals surface area contributed by atoms with Gasteiger partial charge in [-0.1, -0.05) is 0 Å². The zero-order valence-electron chi connectivity index (χ0n) is 8.59. The number of halogens is 2. The predicted octanol–water partition coefficient (Wildman–Crippen LogP) is 2.30. The number of nitrogens with zero attached hydrogens (tertiary/aromatic N) is 1. The molecule has 1 aromatic rings. The number of rotatable bonds is 3. The molecule has 16 heavy (non-hydrogen) atoms. The summed E-state index contributed by atoms with van der Waals surface area (Å²) in [6.45, 7) is 0. The van der Waals surface area contributed by atoms with Gasteiger partial charge in [-0.15, -0.1) is 0 Å². The van der Waals surface area contributed by atoms with Crippen molar-refractivity contribution in [1.82, 2.24) is 0 Å². The zero-order chi connectivity index (χ0) is 11.8. The van der Waals surface area contributed by atoms with Crippen LogP contribution in [0, 0.1) is 11.6 Å². The van der Waals surface area contributed by atoms with Crippen LogP contribution in [0.15, 0.2) is 17.1 Å². The number of ether oxygens (including phenoxy) is 1. The van der Waals surface area contributed by atoms with Crippen LogP contribution in [0.3, 0.4) is 0 Å². The molecule has 0 amide bonds. The first-order chi connectivity index (χ1) is 7.64. The maximum absolute atomic E-state index is 13.4. The van der Waals surface area contributed by atoms with Crippen LogP contribution in [-0.2, 0) is 10.3 Å². The van der Waals surface area contributed by atoms with Crippen LogP contribution >= 0.6 is 0 Å². The molecule has 0 atom stereocenters. The minimum atomic E-state index is -1.05. The van der Waals surface area contributed by atoms with Crippen LogP contribution in [0.2, 0.25) is 0 Å². The van der Waals surface area contributed by atoms with Gasteiger partial charge in [0.2, 0.25) is 11.9 Å². The fourth-order valence-corrected chi connectivity index (χ4v) is 1.75. The van der Waals surface area contributed by atoms with Gasteiger partial charge in [0, 0.05) is 5.56 Å². The van der Waals surface area contributed by atoms with E-state index in [1.807, 2.05) is 0 Å². The van der Waals surface area contributed by atoms with Crippen molar-refractivity contribution in [1.29, 1.82) is 0 Å². The highest BCUT2D eigenvalue weighted by Crippen LogP contribution is 2.52. The Labute approximate surface area is 90.8 Å². The molecule has 3 nitrogen and oxygen atoms in total. The van der Waals surface area contributed by atoms with Crippen molar-refractivity contribution in [2.24, 2.45) is 4.99 Å². The van der Waals surface area contributed by atoms with Crippen LogP contribution in [-0.4, -0.2) is 13.2 Å². The van der Waals surface area contributed by atoms with Gasteiger partial charge >= 0.3 is 0 Å². The lowest BCUT2D eigenvalue weighted by atomic mass is 10.0. The van der Waals surface area contributed by atoms with Crippen LogP contribution in [0.25, 0.3) is 0 Å². The Morgan fingerprint density at radius 3 is 2.62 bits per heavy atom. The van der Waals surface area contributed by atoms with E-state index in [1.165, 1.54) is 19.3 Å². The van der Waals surface area contributed by atoms with E-state index in [0.29, 0.717) is 18.4 Å². The summed E-state index contributed by atoms with van der Waals surface area (Å²) in [7, 11) is 1.25. The standard InChI is InChI=1S/C11H9F2NO2/c1-16-10-7(2-3-8(12)9(10)13)11(4-5-11)14-6-15/h2-3H,4-5H2,1H3. The summed E-state index contributed by atoms with van der Waals surface area (Å²) in [5, 5.41) is 0. The second-order valence-electron chi connectivity index (χ2n) is 3.68. The first kappa shape index (κ1) is 10.8. The lowest BCUT2D eigenvalue weighted by Crippen LogP contribution is -2.07. The van der Waals surface area contributed by atoms with Crippen molar-refractivity contribution < 1.29 is 18.3 Å². The molecule has 1 aliphatic carbocycles. The Bertz CT molecular complexity index is 477.